The van der Waals surface area contributed by atoms with Gasteiger partial charge < -0.3 is 89.9 Å². The lowest BCUT2D eigenvalue weighted by atomic mass is 9.77. The molecule has 0 bridgehead atoms. The molecule has 0 spiro atoms. The Hall–Kier alpha value is -5.55. The van der Waals surface area contributed by atoms with Gasteiger partial charge in [-0.3, -0.25) is 43.7 Å². The van der Waals surface area contributed by atoms with Crippen LogP contribution in [-0.4, -0.2) is 154 Å². The molecule has 0 aliphatic rings. The summed E-state index contributed by atoms with van der Waals surface area (Å²) in [5.41, 5.74) is 71.9. The Labute approximate surface area is 389 Å². The maximum absolute atomic E-state index is 15.0. The van der Waals surface area contributed by atoms with Gasteiger partial charge in [0, 0.05) is 30.6 Å². The average molecular weight is 951 g/mol. The third kappa shape index (κ3) is 17.2. The normalized spacial score (nSPS) is 14.9. The van der Waals surface area contributed by atoms with Gasteiger partial charge in [-0.15, -0.1) is 0 Å². The van der Waals surface area contributed by atoms with Crippen molar-refractivity contribution in [3.63, 3.8) is 0 Å². The van der Waals surface area contributed by atoms with E-state index in [0.717, 1.165) is 6.92 Å². The second kappa shape index (κ2) is 29.3. The topological polar surface area (TPSA) is 546 Å². The highest BCUT2D eigenvalue weighted by atomic mass is 16.4. The summed E-state index contributed by atoms with van der Waals surface area (Å²) in [6.07, 6.45) is -2.80. The monoisotopic (exact) mass is 951 g/mol. The molecule has 0 saturated carbocycles. The van der Waals surface area contributed by atoms with Crippen LogP contribution in [0.2, 0.25) is 0 Å². The number of aliphatic hydroxyl groups excluding tert-OH is 1. The number of Topliss-reactive ketones (excluding diaryl/α,β-unsaturated/α-hetero) is 4. The van der Waals surface area contributed by atoms with Crippen LogP contribution in [0.1, 0.15) is 125 Å². The van der Waals surface area contributed by atoms with Crippen LogP contribution < -0.4 is 74.5 Å². The first-order valence-electron chi connectivity index (χ1n) is 22.0. The van der Waals surface area contributed by atoms with Gasteiger partial charge in [0.1, 0.15) is 11.8 Å². The van der Waals surface area contributed by atoms with E-state index in [1.54, 1.807) is 0 Å². The van der Waals surface area contributed by atoms with Crippen LogP contribution in [0, 0.1) is 0 Å². The molecule has 29 N–H and O–H groups in total. The molecule has 26 nitrogen and oxygen atoms in total. The number of carboxylic acids is 1. The number of nitrogens with two attached hydrogens (primary N) is 13. The SMILES string of the molecule is CC(O)[C@H](N)C(=O)c1c(C[C@@H](C(=O)O)N(C(=O)[C@@H](N)CCCN)C(=O)[C@@H](N)CCCCN)c(C(=O)[C@@H](N)CCCN=C(N)N)c(C(=O)[C@@H](N)CCCN=C(N)N)c(O)c1C(=O)[C@@H](N)CCCN. The Bertz CT molecular complexity index is 1940. The number of amides is 2. The summed E-state index contributed by atoms with van der Waals surface area (Å²) >= 11 is 0. The number of carbonyl (C=O) groups excluding carboxylic acids is 6. The number of aromatic hydroxyl groups is 1. The molecule has 0 fully saturated rings. The first-order valence-corrected chi connectivity index (χ1v) is 22.0. The molecule has 1 aromatic rings. The summed E-state index contributed by atoms with van der Waals surface area (Å²) in [5, 5.41) is 34.0. The summed E-state index contributed by atoms with van der Waals surface area (Å²) in [6.45, 7) is 1.31. The fourth-order valence-electron chi connectivity index (χ4n) is 7.08. The first-order chi connectivity index (χ1) is 31.4. The molecular formula is C41H74N16O10. The lowest BCUT2D eigenvalue weighted by Gasteiger charge is -2.33. The van der Waals surface area contributed by atoms with E-state index in [9.17, 15) is 44.1 Å². The molecular weight excluding hydrogens is 877 g/mol. The van der Waals surface area contributed by atoms with E-state index in [1.165, 1.54) is 0 Å². The van der Waals surface area contributed by atoms with Gasteiger partial charge in [-0.1, -0.05) is 6.42 Å². The highest BCUT2D eigenvalue weighted by molar-refractivity contribution is 6.22. The van der Waals surface area contributed by atoms with Crippen LogP contribution >= 0.6 is 0 Å². The van der Waals surface area contributed by atoms with Gasteiger partial charge in [-0.05, 0) is 96.3 Å². The third-order valence-corrected chi connectivity index (χ3v) is 10.8. The van der Waals surface area contributed by atoms with Gasteiger partial charge >= 0.3 is 5.97 Å². The predicted molar refractivity (Wildman–Crippen MR) is 251 cm³/mol. The average Bonchev–Trinajstić information content (AvgIpc) is 3.27. The molecule has 1 unspecified atom stereocenters. The van der Waals surface area contributed by atoms with Gasteiger partial charge in [-0.2, -0.15) is 0 Å². The summed E-state index contributed by atoms with van der Waals surface area (Å²) in [4.78, 5) is 109. The molecule has 0 heterocycles. The standard InChI is InChI=1S/C41H74N16O10/c1-19(58)31(50)36(63)28-20(18-26(39(66)67)57(38(65)25(49)10-5-15-44)37(64)24(48)8-2-3-13-42)27(32(59)22(46)11-6-16-55-40(51)52)29(34(61)23(47)12-7-17-56-41(53)54)35(62)30(28)33(60)21(45)9-4-14-43/h19,21-26,31,58,62H,2-18,42-50H2,1H3,(H,66,67)(H4,51,52,55)(H4,53,54,56)/t19?,21-,22-,23-,24-,25-,26-,31-/m0/s1. The highest BCUT2D eigenvalue weighted by Gasteiger charge is 2.45. The van der Waals surface area contributed by atoms with E-state index in [-0.39, 0.29) is 114 Å². The number of carboxylic acid groups (broad SMARTS) is 1. The molecule has 26 heteroatoms. The lowest BCUT2D eigenvalue weighted by molar-refractivity contribution is -0.159. The van der Waals surface area contributed by atoms with Crippen LogP contribution in [0.4, 0.5) is 0 Å². The number of aliphatic imine (C=N–C) groups is 2. The highest BCUT2D eigenvalue weighted by Crippen LogP contribution is 2.39. The number of phenols is 1. The van der Waals surface area contributed by atoms with Gasteiger partial charge in [0.25, 0.3) is 0 Å². The lowest BCUT2D eigenvalue weighted by Crippen LogP contribution is -2.59. The van der Waals surface area contributed by atoms with Crippen molar-refractivity contribution in [3.05, 3.63) is 27.8 Å². The molecule has 67 heavy (non-hydrogen) atoms. The summed E-state index contributed by atoms with van der Waals surface area (Å²) in [6, 6.07) is -12.3. The molecule has 2 amide bonds. The number of aliphatic carboxylic acids is 1. The number of phenolic OH excluding ortho intramolecular Hbond substituents is 1. The summed E-state index contributed by atoms with van der Waals surface area (Å²) < 4.78 is 0. The van der Waals surface area contributed by atoms with E-state index in [0.29, 0.717) is 6.42 Å². The maximum Gasteiger partial charge on any atom is 0.327 e. The number of aliphatic hydroxyl groups is 1. The second-order valence-corrected chi connectivity index (χ2v) is 16.2. The second-order valence-electron chi connectivity index (χ2n) is 16.2. The van der Waals surface area contributed by atoms with Crippen molar-refractivity contribution in [1.29, 1.82) is 0 Å². The van der Waals surface area contributed by atoms with Gasteiger partial charge in [-0.25, -0.2) is 4.79 Å². The Morgan fingerprint density at radius 2 is 0.896 bits per heavy atom. The molecule has 0 aromatic heterocycles. The van der Waals surface area contributed by atoms with Crippen molar-refractivity contribution >= 4 is 52.8 Å². The van der Waals surface area contributed by atoms with Gasteiger partial charge in [0.2, 0.25) is 11.8 Å². The Kier molecular flexibility index (Phi) is 26.0. The fraction of sp³-hybridized carbons (Fsp3) is 0.634. The van der Waals surface area contributed by atoms with Crippen molar-refractivity contribution in [2.75, 3.05) is 32.7 Å². The predicted octanol–water partition coefficient (Wildman–Crippen LogP) is -5.47. The van der Waals surface area contributed by atoms with Crippen molar-refractivity contribution in [1.82, 2.24) is 4.90 Å². The number of imide groups is 1. The zero-order valence-electron chi connectivity index (χ0n) is 38.2. The zero-order chi connectivity index (χ0) is 51.3. The van der Waals surface area contributed by atoms with Crippen LogP contribution in [-0.2, 0) is 20.8 Å². The minimum Gasteiger partial charge on any atom is -0.506 e. The van der Waals surface area contributed by atoms with Gasteiger partial charge in [0.15, 0.2) is 35.1 Å². The Morgan fingerprint density at radius 1 is 0.537 bits per heavy atom. The van der Waals surface area contributed by atoms with Crippen molar-refractivity contribution in [2.24, 2.45) is 84.5 Å². The number of hydrogen-bond acceptors (Lipinski definition) is 20. The maximum atomic E-state index is 15.0. The molecule has 1 aromatic carbocycles. The number of ketones is 4. The number of hydrogen-bond donors (Lipinski definition) is 16. The molecule has 0 saturated heterocycles. The summed E-state index contributed by atoms with van der Waals surface area (Å²) in [7, 11) is 0. The van der Waals surface area contributed by atoms with Gasteiger partial charge in [0.05, 0.1) is 53.5 Å². The Morgan fingerprint density at radius 3 is 1.27 bits per heavy atom. The molecule has 0 radical (unpaired) electrons. The first kappa shape index (κ1) is 59.5. The minimum absolute atomic E-state index is 0.0300. The molecule has 0 aliphatic carbocycles. The van der Waals surface area contributed by atoms with Crippen LogP contribution in [0.5, 0.6) is 5.75 Å². The third-order valence-electron chi connectivity index (χ3n) is 10.8. The number of carbonyl (C=O) groups is 7. The van der Waals surface area contributed by atoms with E-state index in [4.69, 9.17) is 74.5 Å². The summed E-state index contributed by atoms with van der Waals surface area (Å²) in [5.74, 6) is -11.3. The number of nitrogens with zero attached hydrogens (tertiary/aromatic N) is 3. The quantitative estimate of drug-likeness (QED) is 0.0135. The van der Waals surface area contributed by atoms with E-state index in [2.05, 4.69) is 9.98 Å². The number of guanidine groups is 2. The zero-order valence-corrected chi connectivity index (χ0v) is 38.2. The van der Waals surface area contributed by atoms with Crippen LogP contribution in [0.25, 0.3) is 0 Å². The van der Waals surface area contributed by atoms with E-state index < -0.39 is 129 Å². The van der Waals surface area contributed by atoms with E-state index >= 15 is 4.79 Å². The van der Waals surface area contributed by atoms with Crippen molar-refractivity contribution in [2.45, 2.75) is 132 Å². The largest absolute Gasteiger partial charge is 0.506 e. The molecule has 8 atom stereocenters. The molecule has 1 rings (SSSR count). The van der Waals surface area contributed by atoms with E-state index in [1.807, 2.05) is 0 Å². The van der Waals surface area contributed by atoms with Crippen LogP contribution in [0.3, 0.4) is 0 Å². The molecule has 378 valence electrons. The Balaban J connectivity index is 4.88. The fourth-order valence-corrected chi connectivity index (χ4v) is 7.08. The number of rotatable bonds is 33. The molecule has 0 aliphatic heterocycles. The number of benzene rings is 1. The number of unbranched alkanes of at least 4 members (excludes halogenated alkanes) is 1. The van der Waals surface area contributed by atoms with Crippen molar-refractivity contribution in [3.8, 4) is 5.75 Å². The van der Waals surface area contributed by atoms with Crippen LogP contribution in [0.15, 0.2) is 9.98 Å². The smallest absolute Gasteiger partial charge is 0.327 e. The van der Waals surface area contributed by atoms with Crippen molar-refractivity contribution < 1.29 is 48.9 Å². The minimum atomic E-state index is -2.43.